The molecule has 0 aliphatic rings. The molecule has 0 aliphatic carbocycles. The van der Waals surface area contributed by atoms with E-state index >= 15 is 0 Å². The van der Waals surface area contributed by atoms with E-state index in [-0.39, 0.29) is 23.4 Å². The molecular weight excluding hydrogens is 316 g/mol. The number of ether oxygens (including phenoxy) is 1. The van der Waals surface area contributed by atoms with Crippen molar-refractivity contribution in [2.75, 3.05) is 7.11 Å². The standard InChI is InChI=1S/C21H24O4/c1-14(2)20(23)18-11-12-19(22)17(13-18)6-4-5-15-7-9-16(10-8-15)21(24)25-3/h7-14,22H,4-6H2,1-3H3. The van der Waals surface area contributed by atoms with Crippen LogP contribution in [0.3, 0.4) is 0 Å². The molecule has 0 heterocycles. The number of ketones is 1. The van der Waals surface area contributed by atoms with Crippen LogP contribution in [0.1, 0.15) is 52.1 Å². The van der Waals surface area contributed by atoms with Crippen molar-refractivity contribution >= 4 is 11.8 Å². The first kappa shape index (κ1) is 18.7. The number of carbonyl (C=O) groups excluding carboxylic acids is 2. The Balaban J connectivity index is 1.98. The lowest BCUT2D eigenvalue weighted by Gasteiger charge is -2.09. The first-order valence-electron chi connectivity index (χ1n) is 8.45. The van der Waals surface area contributed by atoms with Gasteiger partial charge in [0.05, 0.1) is 12.7 Å². The van der Waals surface area contributed by atoms with E-state index < -0.39 is 0 Å². The lowest BCUT2D eigenvalue weighted by Crippen LogP contribution is -2.07. The zero-order valence-corrected chi connectivity index (χ0v) is 14.9. The van der Waals surface area contributed by atoms with Gasteiger partial charge in [-0.3, -0.25) is 4.79 Å². The van der Waals surface area contributed by atoms with E-state index in [1.165, 1.54) is 7.11 Å². The van der Waals surface area contributed by atoms with Crippen LogP contribution in [0.25, 0.3) is 0 Å². The highest BCUT2D eigenvalue weighted by Gasteiger charge is 2.12. The third-order valence-corrected chi connectivity index (χ3v) is 4.17. The fourth-order valence-electron chi connectivity index (χ4n) is 2.68. The summed E-state index contributed by atoms with van der Waals surface area (Å²) in [6.45, 7) is 3.74. The van der Waals surface area contributed by atoms with Gasteiger partial charge in [-0.15, -0.1) is 0 Å². The van der Waals surface area contributed by atoms with Crippen LogP contribution >= 0.6 is 0 Å². The van der Waals surface area contributed by atoms with Gasteiger partial charge >= 0.3 is 5.97 Å². The first-order valence-corrected chi connectivity index (χ1v) is 8.45. The van der Waals surface area contributed by atoms with Crippen LogP contribution in [0, 0.1) is 5.92 Å². The SMILES string of the molecule is COC(=O)c1ccc(CCCc2cc(C(=O)C(C)C)ccc2O)cc1. The monoisotopic (exact) mass is 340 g/mol. The summed E-state index contributed by atoms with van der Waals surface area (Å²) in [5.41, 5.74) is 3.08. The molecule has 0 aromatic heterocycles. The van der Waals surface area contributed by atoms with Crippen LogP contribution in [-0.2, 0) is 17.6 Å². The zero-order valence-electron chi connectivity index (χ0n) is 14.9. The predicted molar refractivity (Wildman–Crippen MR) is 97.1 cm³/mol. The number of methoxy groups -OCH3 is 1. The average molecular weight is 340 g/mol. The molecule has 2 aromatic rings. The van der Waals surface area contributed by atoms with Crippen LogP contribution in [0.5, 0.6) is 5.75 Å². The van der Waals surface area contributed by atoms with Gasteiger partial charge in [-0.05, 0) is 60.7 Å². The second kappa shape index (κ2) is 8.47. The van der Waals surface area contributed by atoms with Gasteiger partial charge in [0.15, 0.2) is 5.78 Å². The largest absolute Gasteiger partial charge is 0.508 e. The van der Waals surface area contributed by atoms with E-state index in [0.29, 0.717) is 17.5 Å². The number of esters is 1. The van der Waals surface area contributed by atoms with Crippen LogP contribution < -0.4 is 0 Å². The van der Waals surface area contributed by atoms with Crippen molar-refractivity contribution in [1.82, 2.24) is 0 Å². The summed E-state index contributed by atoms with van der Waals surface area (Å²) in [6, 6.07) is 12.4. The molecule has 25 heavy (non-hydrogen) atoms. The van der Waals surface area contributed by atoms with Crippen LogP contribution in [0.2, 0.25) is 0 Å². The van der Waals surface area contributed by atoms with Crippen molar-refractivity contribution in [3.05, 3.63) is 64.7 Å². The maximum Gasteiger partial charge on any atom is 0.337 e. The molecule has 0 spiro atoms. The summed E-state index contributed by atoms with van der Waals surface area (Å²) in [7, 11) is 1.36. The van der Waals surface area contributed by atoms with Crippen LogP contribution in [-0.4, -0.2) is 24.0 Å². The second-order valence-electron chi connectivity index (χ2n) is 6.40. The number of aromatic hydroxyl groups is 1. The summed E-state index contributed by atoms with van der Waals surface area (Å²) in [4.78, 5) is 23.5. The maximum absolute atomic E-state index is 12.1. The number of Topliss-reactive ketones (excluding diaryl/α,β-unsaturated/α-hetero) is 1. The molecule has 0 amide bonds. The van der Waals surface area contributed by atoms with Gasteiger partial charge < -0.3 is 9.84 Å². The van der Waals surface area contributed by atoms with Gasteiger partial charge in [0.1, 0.15) is 5.75 Å². The van der Waals surface area contributed by atoms with Crippen molar-refractivity contribution < 1.29 is 19.4 Å². The Bertz CT molecular complexity index is 745. The van der Waals surface area contributed by atoms with Gasteiger partial charge in [-0.2, -0.15) is 0 Å². The highest BCUT2D eigenvalue weighted by Crippen LogP contribution is 2.22. The lowest BCUT2D eigenvalue weighted by molar-refractivity contribution is 0.0600. The number of benzene rings is 2. The molecule has 132 valence electrons. The Morgan fingerprint density at radius 2 is 1.64 bits per heavy atom. The van der Waals surface area contributed by atoms with E-state index in [4.69, 9.17) is 0 Å². The Morgan fingerprint density at radius 1 is 1.00 bits per heavy atom. The molecule has 2 aromatic carbocycles. The normalized spacial score (nSPS) is 10.7. The molecule has 0 radical (unpaired) electrons. The molecule has 0 bridgehead atoms. The second-order valence-corrected chi connectivity index (χ2v) is 6.40. The van der Waals surface area contributed by atoms with E-state index in [2.05, 4.69) is 4.74 Å². The molecule has 4 heteroatoms. The summed E-state index contributed by atoms with van der Waals surface area (Å²) in [6.07, 6.45) is 2.34. The number of rotatable bonds is 7. The van der Waals surface area contributed by atoms with Gasteiger partial charge in [-0.1, -0.05) is 26.0 Å². The number of phenolic OH excluding ortho intramolecular Hbond substituents is 1. The van der Waals surface area contributed by atoms with Gasteiger partial charge in [0.25, 0.3) is 0 Å². The smallest absolute Gasteiger partial charge is 0.337 e. The van der Waals surface area contributed by atoms with Crippen molar-refractivity contribution in [3.63, 3.8) is 0 Å². The molecular formula is C21H24O4. The fourth-order valence-corrected chi connectivity index (χ4v) is 2.68. The summed E-state index contributed by atoms with van der Waals surface area (Å²) in [5.74, 6) is -0.102. The summed E-state index contributed by atoms with van der Waals surface area (Å²) >= 11 is 0. The number of hydrogen-bond donors (Lipinski definition) is 1. The minimum atomic E-state index is -0.344. The van der Waals surface area contributed by atoms with Crippen molar-refractivity contribution in [1.29, 1.82) is 0 Å². The third-order valence-electron chi connectivity index (χ3n) is 4.17. The molecule has 4 nitrogen and oxygen atoms in total. The van der Waals surface area contributed by atoms with E-state index in [0.717, 1.165) is 24.0 Å². The maximum atomic E-state index is 12.1. The number of aryl methyl sites for hydroxylation is 2. The van der Waals surface area contributed by atoms with Crippen LogP contribution in [0.4, 0.5) is 0 Å². The van der Waals surface area contributed by atoms with Crippen LogP contribution in [0.15, 0.2) is 42.5 Å². The van der Waals surface area contributed by atoms with Gasteiger partial charge in [0, 0.05) is 11.5 Å². The molecule has 2 rings (SSSR count). The Morgan fingerprint density at radius 3 is 2.24 bits per heavy atom. The van der Waals surface area contributed by atoms with Gasteiger partial charge in [0.2, 0.25) is 0 Å². The minimum Gasteiger partial charge on any atom is -0.508 e. The van der Waals surface area contributed by atoms with E-state index in [1.807, 2.05) is 26.0 Å². The number of hydrogen-bond acceptors (Lipinski definition) is 4. The van der Waals surface area contributed by atoms with E-state index in [9.17, 15) is 14.7 Å². The quantitative estimate of drug-likeness (QED) is 0.606. The molecule has 0 unspecified atom stereocenters. The average Bonchev–Trinajstić information content (AvgIpc) is 2.62. The van der Waals surface area contributed by atoms with Gasteiger partial charge in [-0.25, -0.2) is 4.79 Å². The molecule has 0 saturated heterocycles. The highest BCUT2D eigenvalue weighted by molar-refractivity contribution is 5.97. The van der Waals surface area contributed by atoms with Crippen molar-refractivity contribution in [2.45, 2.75) is 33.1 Å². The Hall–Kier alpha value is -2.62. The fraction of sp³-hybridized carbons (Fsp3) is 0.333. The molecule has 0 atom stereocenters. The first-order chi connectivity index (χ1) is 11.9. The lowest BCUT2D eigenvalue weighted by atomic mass is 9.96. The minimum absolute atomic E-state index is 0.0641. The molecule has 0 fully saturated rings. The Labute approximate surface area is 148 Å². The topological polar surface area (TPSA) is 63.6 Å². The Kier molecular flexibility index (Phi) is 6.34. The summed E-state index contributed by atoms with van der Waals surface area (Å²) < 4.78 is 4.68. The molecule has 1 N–H and O–H groups in total. The predicted octanol–water partition coefficient (Wildman–Crippen LogP) is 4.19. The van der Waals surface area contributed by atoms with Crippen molar-refractivity contribution in [2.24, 2.45) is 5.92 Å². The van der Waals surface area contributed by atoms with E-state index in [1.54, 1.807) is 30.3 Å². The molecule has 0 aliphatic heterocycles. The summed E-state index contributed by atoms with van der Waals surface area (Å²) in [5, 5.41) is 10.0. The number of carbonyl (C=O) groups is 2. The van der Waals surface area contributed by atoms with Crippen molar-refractivity contribution in [3.8, 4) is 5.75 Å². The number of phenols is 1. The molecule has 0 saturated carbocycles. The highest BCUT2D eigenvalue weighted by atomic mass is 16.5. The zero-order chi connectivity index (χ0) is 18.4. The third kappa shape index (κ3) is 4.92.